The first-order valence-corrected chi connectivity index (χ1v) is 3.75. The molecule has 0 spiro atoms. The molecule has 0 aliphatic heterocycles. The average Bonchev–Trinajstić information content (AvgIpc) is 2.16. The van der Waals surface area contributed by atoms with Crippen LogP contribution in [0, 0.1) is 0 Å². The Morgan fingerprint density at radius 1 is 1.08 bits per heavy atom. The Balaban J connectivity index is 3.02. The van der Waals surface area contributed by atoms with Crippen LogP contribution in [-0.2, 0) is 19.6 Å². The minimum atomic E-state index is 0.331. The fraction of sp³-hybridized carbons (Fsp3) is 0.429. The lowest BCUT2D eigenvalue weighted by molar-refractivity contribution is 0.825. The fourth-order valence-corrected chi connectivity index (χ4v) is 0.929. The van der Waals surface area contributed by atoms with Crippen molar-refractivity contribution >= 4 is 0 Å². The molecule has 0 fully saturated rings. The molecule has 6 N–H and O–H groups in total. The van der Waals surface area contributed by atoms with E-state index in [4.69, 9.17) is 17.2 Å². The molecule has 1 aromatic heterocycles. The molecule has 12 heavy (non-hydrogen) atoms. The second-order valence-electron chi connectivity index (χ2n) is 2.37. The van der Waals surface area contributed by atoms with Crippen molar-refractivity contribution < 1.29 is 0 Å². The molecule has 0 aliphatic carbocycles. The molecule has 0 saturated carbocycles. The molecular weight excluding hydrogens is 154 g/mol. The highest BCUT2D eigenvalue weighted by atomic mass is 14.9. The van der Waals surface area contributed by atoms with Crippen LogP contribution in [0.25, 0.3) is 0 Å². The minimum absolute atomic E-state index is 0.331. The van der Waals surface area contributed by atoms with Gasteiger partial charge in [0, 0.05) is 24.8 Å². The third-order valence-corrected chi connectivity index (χ3v) is 1.60. The summed E-state index contributed by atoms with van der Waals surface area (Å²) in [5.41, 5.74) is 18.0. The first-order valence-electron chi connectivity index (χ1n) is 3.75. The van der Waals surface area contributed by atoms with Crippen molar-refractivity contribution in [1.29, 1.82) is 0 Å². The molecule has 1 aromatic rings. The van der Waals surface area contributed by atoms with Crippen LogP contribution in [0.5, 0.6) is 0 Å². The molecule has 5 nitrogen and oxygen atoms in total. The van der Waals surface area contributed by atoms with Crippen LogP contribution in [0.1, 0.15) is 17.1 Å². The van der Waals surface area contributed by atoms with Gasteiger partial charge in [-0.1, -0.05) is 0 Å². The van der Waals surface area contributed by atoms with Crippen LogP contribution in [0.2, 0.25) is 0 Å². The molecule has 0 radical (unpaired) electrons. The van der Waals surface area contributed by atoms with Crippen LogP contribution < -0.4 is 17.2 Å². The van der Waals surface area contributed by atoms with Gasteiger partial charge in [-0.2, -0.15) is 0 Å². The van der Waals surface area contributed by atoms with Crippen molar-refractivity contribution in [1.82, 2.24) is 9.97 Å². The van der Waals surface area contributed by atoms with Gasteiger partial charge in [-0.25, -0.2) is 9.97 Å². The summed E-state index contributed by atoms with van der Waals surface area (Å²) in [5, 5.41) is 0. The monoisotopic (exact) mass is 167 g/mol. The second-order valence-corrected chi connectivity index (χ2v) is 2.37. The Morgan fingerprint density at radius 2 is 1.83 bits per heavy atom. The van der Waals surface area contributed by atoms with Gasteiger partial charge in [-0.15, -0.1) is 0 Å². The highest BCUT2D eigenvalue weighted by Gasteiger charge is 2.02. The molecule has 0 atom stereocenters. The van der Waals surface area contributed by atoms with Gasteiger partial charge in [-0.05, 0) is 0 Å². The van der Waals surface area contributed by atoms with E-state index in [1.165, 1.54) is 0 Å². The summed E-state index contributed by atoms with van der Waals surface area (Å²) in [6.07, 6.45) is 1.68. The smallest absolute Gasteiger partial charge is 0.142 e. The molecule has 1 heterocycles. The molecule has 0 aliphatic rings. The number of nitrogens with zero attached hydrogens (tertiary/aromatic N) is 2. The minimum Gasteiger partial charge on any atom is -0.326 e. The molecule has 66 valence electrons. The first-order chi connectivity index (χ1) is 5.81. The Bertz CT molecular complexity index is 260. The molecule has 0 bridgehead atoms. The average molecular weight is 167 g/mol. The largest absolute Gasteiger partial charge is 0.326 e. The molecule has 0 aromatic carbocycles. The zero-order valence-corrected chi connectivity index (χ0v) is 6.83. The molecule has 1 rings (SSSR count). The highest BCUT2D eigenvalue weighted by molar-refractivity contribution is 5.17. The quantitative estimate of drug-likeness (QED) is 0.527. The Morgan fingerprint density at radius 3 is 2.33 bits per heavy atom. The molecule has 0 amide bonds. The third kappa shape index (κ3) is 1.76. The number of hydrogen-bond donors (Lipinski definition) is 3. The maximum Gasteiger partial charge on any atom is 0.142 e. The van der Waals surface area contributed by atoms with Crippen LogP contribution >= 0.6 is 0 Å². The van der Waals surface area contributed by atoms with E-state index in [0.717, 1.165) is 11.3 Å². The maximum atomic E-state index is 5.46. The van der Waals surface area contributed by atoms with Gasteiger partial charge < -0.3 is 17.2 Å². The SMILES string of the molecule is NCc1ncc(CN)c(CN)n1. The fourth-order valence-electron chi connectivity index (χ4n) is 0.929. The number of aromatic nitrogens is 2. The van der Waals surface area contributed by atoms with Gasteiger partial charge in [0.15, 0.2) is 0 Å². The van der Waals surface area contributed by atoms with Crippen molar-refractivity contribution in [2.24, 2.45) is 17.2 Å². The number of rotatable bonds is 3. The summed E-state index contributed by atoms with van der Waals surface area (Å²) >= 11 is 0. The van der Waals surface area contributed by atoms with E-state index in [1.807, 2.05) is 0 Å². The van der Waals surface area contributed by atoms with Gasteiger partial charge in [0.1, 0.15) is 5.82 Å². The molecular formula is C7H13N5. The predicted octanol–water partition coefficient (Wildman–Crippen LogP) is -1.15. The number of nitrogens with two attached hydrogens (primary N) is 3. The normalized spacial score (nSPS) is 10.2. The summed E-state index contributed by atoms with van der Waals surface area (Å²) in [6.45, 7) is 1.12. The molecule has 5 heteroatoms. The van der Waals surface area contributed by atoms with E-state index >= 15 is 0 Å². The van der Waals surface area contributed by atoms with Gasteiger partial charge in [0.05, 0.1) is 12.2 Å². The maximum absolute atomic E-state index is 5.46. The van der Waals surface area contributed by atoms with Crippen LogP contribution in [-0.4, -0.2) is 9.97 Å². The van der Waals surface area contributed by atoms with E-state index < -0.39 is 0 Å². The van der Waals surface area contributed by atoms with Crippen molar-refractivity contribution in [3.63, 3.8) is 0 Å². The van der Waals surface area contributed by atoms with E-state index in [2.05, 4.69) is 9.97 Å². The summed E-state index contributed by atoms with van der Waals surface area (Å²) < 4.78 is 0. The van der Waals surface area contributed by atoms with E-state index in [-0.39, 0.29) is 0 Å². The molecule has 0 saturated heterocycles. The van der Waals surface area contributed by atoms with E-state index in [9.17, 15) is 0 Å². The zero-order chi connectivity index (χ0) is 8.97. The van der Waals surface area contributed by atoms with Crippen molar-refractivity contribution in [3.05, 3.63) is 23.3 Å². The molecule has 0 unspecified atom stereocenters. The van der Waals surface area contributed by atoms with Gasteiger partial charge >= 0.3 is 0 Å². The third-order valence-electron chi connectivity index (χ3n) is 1.60. The van der Waals surface area contributed by atoms with Crippen molar-refractivity contribution in [2.75, 3.05) is 0 Å². The summed E-state index contributed by atoms with van der Waals surface area (Å²) in [7, 11) is 0. The van der Waals surface area contributed by atoms with Gasteiger partial charge in [0.25, 0.3) is 0 Å². The first kappa shape index (κ1) is 9.05. The lowest BCUT2D eigenvalue weighted by Crippen LogP contribution is -2.13. The predicted molar refractivity (Wildman–Crippen MR) is 45.7 cm³/mol. The topological polar surface area (TPSA) is 104 Å². The lowest BCUT2D eigenvalue weighted by atomic mass is 10.2. The van der Waals surface area contributed by atoms with Crippen molar-refractivity contribution in [2.45, 2.75) is 19.6 Å². The van der Waals surface area contributed by atoms with Crippen LogP contribution in [0.3, 0.4) is 0 Å². The summed E-state index contributed by atoms with van der Waals surface area (Å²) in [6, 6.07) is 0. The second kappa shape index (κ2) is 4.10. The Kier molecular flexibility index (Phi) is 3.09. The van der Waals surface area contributed by atoms with Crippen LogP contribution in [0.4, 0.5) is 0 Å². The van der Waals surface area contributed by atoms with E-state index in [0.29, 0.717) is 25.5 Å². The Labute approximate surface area is 71.0 Å². The zero-order valence-electron chi connectivity index (χ0n) is 6.83. The lowest BCUT2D eigenvalue weighted by Gasteiger charge is -2.04. The standard InChI is InChI=1S/C7H13N5/c8-1-5-4-11-7(3-10)12-6(5)2-9/h4H,1-3,8-10H2. The highest BCUT2D eigenvalue weighted by Crippen LogP contribution is 2.02. The van der Waals surface area contributed by atoms with Gasteiger partial charge in [0.2, 0.25) is 0 Å². The van der Waals surface area contributed by atoms with Crippen molar-refractivity contribution in [3.8, 4) is 0 Å². The summed E-state index contributed by atoms with van der Waals surface area (Å²) in [4.78, 5) is 8.14. The van der Waals surface area contributed by atoms with Gasteiger partial charge in [-0.3, -0.25) is 0 Å². The van der Waals surface area contributed by atoms with Crippen LogP contribution in [0.15, 0.2) is 6.20 Å². The van der Waals surface area contributed by atoms with E-state index in [1.54, 1.807) is 6.20 Å². The Hall–Kier alpha value is -1.04. The summed E-state index contributed by atoms with van der Waals surface area (Å²) in [5.74, 6) is 0.604. The number of hydrogen-bond acceptors (Lipinski definition) is 5.